The van der Waals surface area contributed by atoms with E-state index in [4.69, 9.17) is 0 Å². The van der Waals surface area contributed by atoms with E-state index < -0.39 is 15.6 Å². The fraction of sp³-hybridized carbons (Fsp3) is 0.833. The summed E-state index contributed by atoms with van der Waals surface area (Å²) < 4.78 is 25.8. The Morgan fingerprint density at radius 2 is 1.88 bits per heavy atom. The first-order chi connectivity index (χ1) is 7.75. The first kappa shape index (κ1) is 16.6. The highest BCUT2D eigenvalue weighted by Gasteiger charge is 2.30. The maximum Gasteiger partial charge on any atom is 0.216 e. The largest absolute Gasteiger partial charge is 0.316 e. The minimum Gasteiger partial charge on any atom is -0.316 e. The maximum atomic E-state index is 12.2. The van der Waals surface area contributed by atoms with Crippen molar-refractivity contribution in [2.75, 3.05) is 25.4 Å². The van der Waals surface area contributed by atoms with Crippen molar-refractivity contribution in [3.63, 3.8) is 0 Å². The van der Waals surface area contributed by atoms with Crippen LogP contribution in [0.15, 0.2) is 12.7 Å². The van der Waals surface area contributed by atoms with Crippen LogP contribution < -0.4 is 5.32 Å². The fourth-order valence-corrected chi connectivity index (χ4v) is 3.32. The highest BCUT2D eigenvalue weighted by molar-refractivity contribution is 7.89. The van der Waals surface area contributed by atoms with Gasteiger partial charge in [0.25, 0.3) is 0 Å². The van der Waals surface area contributed by atoms with Gasteiger partial charge >= 0.3 is 0 Å². The summed E-state index contributed by atoms with van der Waals surface area (Å²) in [6, 6.07) is 0. The van der Waals surface area contributed by atoms with E-state index in [0.29, 0.717) is 13.1 Å². The smallest absolute Gasteiger partial charge is 0.216 e. The molecule has 5 heteroatoms. The van der Waals surface area contributed by atoms with Gasteiger partial charge in [-0.1, -0.05) is 13.0 Å². The van der Waals surface area contributed by atoms with E-state index >= 15 is 0 Å². The molecule has 0 aliphatic carbocycles. The molecule has 4 nitrogen and oxygen atoms in total. The lowest BCUT2D eigenvalue weighted by Crippen LogP contribution is -2.47. The molecule has 0 aliphatic heterocycles. The second kappa shape index (κ2) is 7.13. The minimum atomic E-state index is -3.22. The maximum absolute atomic E-state index is 12.2. The van der Waals surface area contributed by atoms with Crippen LogP contribution in [-0.4, -0.2) is 43.6 Å². The van der Waals surface area contributed by atoms with Crippen molar-refractivity contribution in [3.8, 4) is 0 Å². The summed E-state index contributed by atoms with van der Waals surface area (Å²) in [7, 11) is -3.22. The third kappa shape index (κ3) is 6.19. The van der Waals surface area contributed by atoms with E-state index in [0.717, 1.165) is 13.0 Å². The molecular weight excluding hydrogens is 236 g/mol. The number of sulfonamides is 1. The summed E-state index contributed by atoms with van der Waals surface area (Å²) in [5.74, 6) is 0.137. The van der Waals surface area contributed by atoms with E-state index in [2.05, 4.69) is 18.8 Å². The zero-order chi connectivity index (χ0) is 13.5. The molecule has 0 aromatic carbocycles. The average Bonchev–Trinajstić information content (AvgIpc) is 2.19. The molecule has 1 N–H and O–H groups in total. The van der Waals surface area contributed by atoms with E-state index in [9.17, 15) is 8.42 Å². The molecule has 0 aromatic rings. The predicted molar refractivity (Wildman–Crippen MR) is 73.6 cm³/mol. The summed E-state index contributed by atoms with van der Waals surface area (Å²) in [5.41, 5.74) is -0.405. The van der Waals surface area contributed by atoms with Crippen LogP contribution in [0.4, 0.5) is 0 Å². The molecule has 0 aliphatic rings. The lowest BCUT2D eigenvalue weighted by atomic mass is 10.1. The summed E-state index contributed by atoms with van der Waals surface area (Å²) in [4.78, 5) is 0. The number of hydrogen-bond donors (Lipinski definition) is 1. The Kier molecular flexibility index (Phi) is 6.97. The minimum absolute atomic E-state index is 0.137. The van der Waals surface area contributed by atoms with Crippen LogP contribution in [0.5, 0.6) is 0 Å². The van der Waals surface area contributed by atoms with Gasteiger partial charge in [0.1, 0.15) is 0 Å². The summed E-state index contributed by atoms with van der Waals surface area (Å²) in [5, 5.41) is 3.11. The van der Waals surface area contributed by atoms with Gasteiger partial charge in [-0.25, -0.2) is 8.42 Å². The molecule has 0 saturated heterocycles. The molecule has 0 rings (SSSR count). The number of nitrogens with one attached hydrogen (secondary N) is 1. The van der Waals surface area contributed by atoms with Crippen molar-refractivity contribution in [1.29, 1.82) is 0 Å². The molecule has 0 aromatic heterocycles. The SMILES string of the molecule is C=CCN(C(C)(C)C)S(=O)(=O)CCNCCC. The molecule has 0 heterocycles. The van der Waals surface area contributed by atoms with E-state index in [1.54, 1.807) is 6.08 Å². The van der Waals surface area contributed by atoms with Crippen LogP contribution in [0.1, 0.15) is 34.1 Å². The van der Waals surface area contributed by atoms with Crippen LogP contribution in [0.3, 0.4) is 0 Å². The molecule has 102 valence electrons. The van der Waals surface area contributed by atoms with Gasteiger partial charge < -0.3 is 5.32 Å². The van der Waals surface area contributed by atoms with Gasteiger partial charge in [-0.05, 0) is 33.7 Å². The van der Waals surface area contributed by atoms with Crippen molar-refractivity contribution in [3.05, 3.63) is 12.7 Å². The summed E-state index contributed by atoms with van der Waals surface area (Å²) in [6.45, 7) is 13.1. The van der Waals surface area contributed by atoms with Crippen LogP contribution in [-0.2, 0) is 10.0 Å². The lowest BCUT2D eigenvalue weighted by Gasteiger charge is -2.33. The molecule has 0 amide bonds. The summed E-state index contributed by atoms with van der Waals surface area (Å²) >= 11 is 0. The Labute approximate surface area is 106 Å². The Morgan fingerprint density at radius 3 is 2.29 bits per heavy atom. The molecule has 0 bridgehead atoms. The highest BCUT2D eigenvalue weighted by Crippen LogP contribution is 2.18. The third-order valence-corrected chi connectivity index (χ3v) is 4.43. The molecule has 17 heavy (non-hydrogen) atoms. The van der Waals surface area contributed by atoms with E-state index in [1.807, 2.05) is 20.8 Å². The van der Waals surface area contributed by atoms with E-state index in [-0.39, 0.29) is 5.75 Å². The first-order valence-electron chi connectivity index (χ1n) is 6.08. The number of hydrogen-bond acceptors (Lipinski definition) is 3. The molecular formula is C12H26N2O2S. The normalized spacial score (nSPS) is 13.0. The van der Waals surface area contributed by atoms with Gasteiger partial charge in [0, 0.05) is 18.6 Å². The van der Waals surface area contributed by atoms with Gasteiger partial charge in [-0.3, -0.25) is 0 Å². The van der Waals surface area contributed by atoms with Gasteiger partial charge in [0.15, 0.2) is 0 Å². The zero-order valence-electron chi connectivity index (χ0n) is 11.5. The molecule has 0 saturated carbocycles. The predicted octanol–water partition coefficient (Wildman–Crippen LogP) is 1.60. The molecule has 0 atom stereocenters. The zero-order valence-corrected chi connectivity index (χ0v) is 12.3. The number of nitrogens with zero attached hydrogens (tertiary/aromatic N) is 1. The van der Waals surface area contributed by atoms with Crippen LogP contribution >= 0.6 is 0 Å². The molecule has 0 fully saturated rings. The Balaban J connectivity index is 4.57. The van der Waals surface area contributed by atoms with Crippen molar-refractivity contribution >= 4 is 10.0 Å². The van der Waals surface area contributed by atoms with Crippen LogP contribution in [0.25, 0.3) is 0 Å². The van der Waals surface area contributed by atoms with Crippen LogP contribution in [0.2, 0.25) is 0 Å². The van der Waals surface area contributed by atoms with Gasteiger partial charge in [-0.2, -0.15) is 4.31 Å². The molecule has 0 unspecified atom stereocenters. The first-order valence-corrected chi connectivity index (χ1v) is 7.68. The van der Waals surface area contributed by atoms with Gasteiger partial charge in [0.05, 0.1) is 5.75 Å². The fourth-order valence-electron chi connectivity index (χ4n) is 1.54. The van der Waals surface area contributed by atoms with Crippen molar-refractivity contribution in [2.45, 2.75) is 39.7 Å². The average molecular weight is 262 g/mol. The van der Waals surface area contributed by atoms with Crippen LogP contribution in [0, 0.1) is 0 Å². The lowest BCUT2D eigenvalue weighted by molar-refractivity contribution is 0.270. The van der Waals surface area contributed by atoms with Crippen molar-refractivity contribution in [1.82, 2.24) is 9.62 Å². The number of rotatable bonds is 8. The molecule has 0 spiro atoms. The monoisotopic (exact) mass is 262 g/mol. The second-order valence-corrected chi connectivity index (χ2v) is 7.07. The Bertz CT molecular complexity index is 318. The van der Waals surface area contributed by atoms with Crippen molar-refractivity contribution < 1.29 is 8.42 Å². The Morgan fingerprint density at radius 1 is 1.29 bits per heavy atom. The quantitative estimate of drug-likeness (QED) is 0.534. The standard InChI is InChI=1S/C12H26N2O2S/c1-6-8-13-9-11-17(15,16)14(10-7-2)12(3,4)5/h7,13H,2,6,8-11H2,1,3-5H3. The summed E-state index contributed by atoms with van der Waals surface area (Å²) in [6.07, 6.45) is 2.64. The van der Waals surface area contributed by atoms with Gasteiger partial charge in [-0.15, -0.1) is 6.58 Å². The van der Waals surface area contributed by atoms with Gasteiger partial charge in [0.2, 0.25) is 10.0 Å². The topological polar surface area (TPSA) is 49.4 Å². The second-order valence-electron chi connectivity index (χ2n) is 5.06. The molecule has 0 radical (unpaired) electrons. The van der Waals surface area contributed by atoms with Crippen molar-refractivity contribution in [2.24, 2.45) is 0 Å². The Hall–Kier alpha value is -0.390. The highest BCUT2D eigenvalue weighted by atomic mass is 32.2. The van der Waals surface area contributed by atoms with E-state index in [1.165, 1.54) is 4.31 Å². The third-order valence-electron chi connectivity index (χ3n) is 2.34.